The molecule has 0 spiro atoms. The van der Waals surface area contributed by atoms with Crippen LogP contribution in [0.4, 0.5) is 5.69 Å². The molecule has 1 aromatic carbocycles. The van der Waals surface area contributed by atoms with Crippen LogP contribution >= 0.6 is 0 Å². The van der Waals surface area contributed by atoms with Gasteiger partial charge in [-0.05, 0) is 18.6 Å². The number of hydrogen-bond donors (Lipinski definition) is 2. The van der Waals surface area contributed by atoms with Crippen LogP contribution in [0.25, 0.3) is 0 Å². The maximum absolute atomic E-state index is 5.70. The predicted molar refractivity (Wildman–Crippen MR) is 98.1 cm³/mol. The Balaban J connectivity index is 1.85. The molecule has 0 saturated heterocycles. The first kappa shape index (κ1) is 18.8. The molecule has 2 aromatic rings. The number of anilines is 1. The van der Waals surface area contributed by atoms with Crippen LogP contribution in [0.2, 0.25) is 0 Å². The van der Waals surface area contributed by atoms with E-state index in [1.165, 1.54) is 0 Å². The van der Waals surface area contributed by atoms with E-state index in [0.29, 0.717) is 25.7 Å². The van der Waals surface area contributed by atoms with Crippen molar-refractivity contribution in [3.05, 3.63) is 41.8 Å². The van der Waals surface area contributed by atoms with E-state index in [9.17, 15) is 0 Å². The predicted octanol–water partition coefficient (Wildman–Crippen LogP) is 2.84. The first-order valence-corrected chi connectivity index (χ1v) is 8.39. The topological polar surface area (TPSA) is 80.9 Å². The van der Waals surface area contributed by atoms with E-state index in [-0.39, 0.29) is 0 Å². The summed E-state index contributed by atoms with van der Waals surface area (Å²) in [5, 5.41) is 10.4. The van der Waals surface area contributed by atoms with Crippen molar-refractivity contribution < 1.29 is 14.0 Å². The van der Waals surface area contributed by atoms with Crippen molar-refractivity contribution in [3.63, 3.8) is 0 Å². The fourth-order valence-corrected chi connectivity index (χ4v) is 2.15. The third-order valence-electron chi connectivity index (χ3n) is 3.48. The number of aromatic nitrogens is 1. The van der Waals surface area contributed by atoms with Crippen LogP contribution in [-0.4, -0.2) is 38.5 Å². The van der Waals surface area contributed by atoms with Crippen molar-refractivity contribution >= 4 is 11.6 Å². The van der Waals surface area contributed by atoms with Gasteiger partial charge in [0.1, 0.15) is 5.75 Å². The molecule has 7 nitrogen and oxygen atoms in total. The van der Waals surface area contributed by atoms with Crippen LogP contribution in [0.5, 0.6) is 5.75 Å². The third kappa shape index (κ3) is 6.46. The first-order chi connectivity index (χ1) is 12.2. The van der Waals surface area contributed by atoms with Crippen LogP contribution in [-0.2, 0) is 17.7 Å². The Hall–Kier alpha value is -2.54. The molecule has 136 valence electrons. The van der Waals surface area contributed by atoms with Gasteiger partial charge in [-0.3, -0.25) is 4.99 Å². The molecule has 0 radical (unpaired) electrons. The standard InChI is InChI=1S/C18H26N4O3/c1-4-14-11-17(25-22-14)13-20-18(19-2)21-15-7-5-8-16(12-15)24-10-6-9-23-3/h5,7-8,11-12H,4,6,9-10,13H2,1-3H3,(H2,19,20,21). The van der Waals surface area contributed by atoms with Crippen molar-refractivity contribution in [3.8, 4) is 5.75 Å². The molecule has 7 heteroatoms. The van der Waals surface area contributed by atoms with E-state index in [1.54, 1.807) is 14.2 Å². The van der Waals surface area contributed by atoms with Crippen molar-refractivity contribution in [1.82, 2.24) is 10.5 Å². The van der Waals surface area contributed by atoms with Gasteiger partial charge < -0.3 is 24.6 Å². The molecule has 0 aliphatic carbocycles. The summed E-state index contributed by atoms with van der Waals surface area (Å²) in [4.78, 5) is 4.22. The Morgan fingerprint density at radius 1 is 1.28 bits per heavy atom. The second-order valence-electron chi connectivity index (χ2n) is 5.41. The number of nitrogens with one attached hydrogen (secondary N) is 2. The number of methoxy groups -OCH3 is 1. The Kier molecular flexibility index (Phi) is 7.78. The smallest absolute Gasteiger partial charge is 0.195 e. The van der Waals surface area contributed by atoms with E-state index >= 15 is 0 Å². The molecule has 0 bridgehead atoms. The lowest BCUT2D eigenvalue weighted by Gasteiger charge is -2.12. The lowest BCUT2D eigenvalue weighted by atomic mass is 10.3. The summed E-state index contributed by atoms with van der Waals surface area (Å²) < 4.78 is 16.0. The molecule has 0 unspecified atom stereocenters. The SMILES string of the molecule is CCc1cc(CNC(=NC)Nc2cccc(OCCCOC)c2)on1. The fraction of sp³-hybridized carbons (Fsp3) is 0.444. The number of guanidine groups is 1. The number of benzene rings is 1. The van der Waals surface area contributed by atoms with Gasteiger partial charge in [0.05, 0.1) is 18.8 Å². The van der Waals surface area contributed by atoms with E-state index in [1.807, 2.05) is 37.3 Å². The monoisotopic (exact) mass is 346 g/mol. The van der Waals surface area contributed by atoms with E-state index in [2.05, 4.69) is 20.8 Å². The summed E-state index contributed by atoms with van der Waals surface area (Å²) in [6.07, 6.45) is 1.71. The second kappa shape index (κ2) is 10.4. The minimum atomic E-state index is 0.514. The number of ether oxygens (including phenoxy) is 2. The molecule has 2 N–H and O–H groups in total. The van der Waals surface area contributed by atoms with Crippen molar-refractivity contribution in [2.24, 2.45) is 4.99 Å². The highest BCUT2D eigenvalue weighted by Gasteiger charge is 2.05. The van der Waals surface area contributed by atoms with Gasteiger partial charge in [0, 0.05) is 45.0 Å². The summed E-state index contributed by atoms with van der Waals surface area (Å²) >= 11 is 0. The zero-order chi connectivity index (χ0) is 17.9. The maximum Gasteiger partial charge on any atom is 0.195 e. The maximum atomic E-state index is 5.70. The fourth-order valence-electron chi connectivity index (χ4n) is 2.15. The van der Waals surface area contributed by atoms with Gasteiger partial charge in [-0.1, -0.05) is 18.1 Å². The Morgan fingerprint density at radius 3 is 2.88 bits per heavy atom. The molecule has 0 atom stereocenters. The van der Waals surface area contributed by atoms with Gasteiger partial charge in [-0.25, -0.2) is 0 Å². The van der Waals surface area contributed by atoms with E-state index in [4.69, 9.17) is 14.0 Å². The molecule has 1 aromatic heterocycles. The molecule has 0 saturated carbocycles. The molecular formula is C18H26N4O3. The summed E-state index contributed by atoms with van der Waals surface area (Å²) in [5.41, 5.74) is 1.84. The molecule has 2 rings (SSSR count). The summed E-state index contributed by atoms with van der Waals surface area (Å²) in [7, 11) is 3.41. The summed E-state index contributed by atoms with van der Waals surface area (Å²) in [6, 6.07) is 9.69. The van der Waals surface area contributed by atoms with E-state index in [0.717, 1.165) is 35.7 Å². The molecule has 0 aliphatic rings. The quantitative estimate of drug-likeness (QED) is 0.413. The van der Waals surface area contributed by atoms with Crippen molar-refractivity contribution in [2.75, 3.05) is 32.7 Å². The number of hydrogen-bond acceptors (Lipinski definition) is 5. The highest BCUT2D eigenvalue weighted by Crippen LogP contribution is 2.17. The second-order valence-corrected chi connectivity index (χ2v) is 5.41. The van der Waals surface area contributed by atoms with Gasteiger partial charge >= 0.3 is 0 Å². The largest absolute Gasteiger partial charge is 0.493 e. The lowest BCUT2D eigenvalue weighted by Crippen LogP contribution is -2.30. The Morgan fingerprint density at radius 2 is 2.16 bits per heavy atom. The van der Waals surface area contributed by atoms with Crippen LogP contribution in [0.3, 0.4) is 0 Å². The normalized spacial score (nSPS) is 11.4. The summed E-state index contributed by atoms with van der Waals surface area (Å²) in [5.74, 6) is 2.22. The van der Waals surface area contributed by atoms with Gasteiger partial charge in [-0.15, -0.1) is 0 Å². The van der Waals surface area contributed by atoms with Crippen LogP contribution in [0.15, 0.2) is 39.8 Å². The minimum absolute atomic E-state index is 0.514. The minimum Gasteiger partial charge on any atom is -0.493 e. The summed E-state index contributed by atoms with van der Waals surface area (Å²) in [6.45, 7) is 3.87. The highest BCUT2D eigenvalue weighted by molar-refractivity contribution is 5.93. The molecule has 0 fully saturated rings. The molecule has 25 heavy (non-hydrogen) atoms. The molecular weight excluding hydrogens is 320 g/mol. The lowest BCUT2D eigenvalue weighted by molar-refractivity contribution is 0.172. The van der Waals surface area contributed by atoms with Gasteiger partial charge in [0.25, 0.3) is 0 Å². The molecule has 0 aliphatic heterocycles. The van der Waals surface area contributed by atoms with Gasteiger partial charge in [0.15, 0.2) is 11.7 Å². The molecule has 0 amide bonds. The third-order valence-corrected chi connectivity index (χ3v) is 3.48. The van der Waals surface area contributed by atoms with Crippen molar-refractivity contribution in [1.29, 1.82) is 0 Å². The first-order valence-electron chi connectivity index (χ1n) is 8.39. The van der Waals surface area contributed by atoms with Crippen LogP contribution in [0, 0.1) is 0 Å². The average Bonchev–Trinajstić information content (AvgIpc) is 3.11. The number of nitrogens with zero attached hydrogens (tertiary/aromatic N) is 2. The number of rotatable bonds is 9. The van der Waals surface area contributed by atoms with E-state index < -0.39 is 0 Å². The number of aryl methyl sites for hydroxylation is 1. The Bertz CT molecular complexity index is 670. The van der Waals surface area contributed by atoms with Crippen LogP contribution in [0.1, 0.15) is 24.8 Å². The van der Waals surface area contributed by atoms with Gasteiger partial charge in [-0.2, -0.15) is 0 Å². The average molecular weight is 346 g/mol. The molecule has 1 heterocycles. The zero-order valence-corrected chi connectivity index (χ0v) is 15.0. The van der Waals surface area contributed by atoms with Gasteiger partial charge in [0.2, 0.25) is 0 Å². The number of aliphatic imine (C=N–C) groups is 1. The van der Waals surface area contributed by atoms with Crippen molar-refractivity contribution in [2.45, 2.75) is 26.3 Å². The zero-order valence-electron chi connectivity index (χ0n) is 15.0. The Labute approximate surface area is 148 Å². The highest BCUT2D eigenvalue weighted by atomic mass is 16.5. The van der Waals surface area contributed by atoms with Crippen LogP contribution < -0.4 is 15.4 Å².